The van der Waals surface area contributed by atoms with Crippen LogP contribution in [0, 0.1) is 6.92 Å². The fourth-order valence-corrected chi connectivity index (χ4v) is 3.33. The Hall–Kier alpha value is -2.09. The minimum absolute atomic E-state index is 0.0176. The number of hydrogen-bond donors (Lipinski definition) is 1. The van der Waals surface area contributed by atoms with Gasteiger partial charge in [0.2, 0.25) is 5.91 Å². The Kier molecular flexibility index (Phi) is 6.19. The highest BCUT2D eigenvalue weighted by Gasteiger charge is 2.19. The summed E-state index contributed by atoms with van der Waals surface area (Å²) in [5.74, 6) is 1.03. The maximum atomic E-state index is 12.4. The van der Waals surface area contributed by atoms with E-state index in [1.807, 2.05) is 24.7 Å². The number of aromatic nitrogens is 4. The van der Waals surface area contributed by atoms with Crippen molar-refractivity contribution in [3.8, 4) is 0 Å². The molecule has 1 atom stereocenters. The predicted molar refractivity (Wildman–Crippen MR) is 94.1 cm³/mol. The second kappa shape index (κ2) is 8.14. The lowest BCUT2D eigenvalue weighted by molar-refractivity contribution is -0.129. The number of nitrogens with one attached hydrogen (secondary N) is 1. The van der Waals surface area contributed by atoms with Crippen LogP contribution in [-0.2, 0) is 18.3 Å². The highest BCUT2D eigenvalue weighted by molar-refractivity contribution is 8.00. The first kappa shape index (κ1) is 18.3. The van der Waals surface area contributed by atoms with Gasteiger partial charge in [-0.2, -0.15) is 0 Å². The fraction of sp³-hybridized carbons (Fsp3) is 0.500. The number of carbonyl (C=O) groups excluding carboxylic acids is 1. The van der Waals surface area contributed by atoms with Crippen molar-refractivity contribution in [3.63, 3.8) is 0 Å². The van der Waals surface area contributed by atoms with E-state index < -0.39 is 0 Å². The summed E-state index contributed by atoms with van der Waals surface area (Å²) in [4.78, 5) is 36.8. The van der Waals surface area contributed by atoms with Gasteiger partial charge in [-0.3, -0.25) is 9.59 Å². The summed E-state index contributed by atoms with van der Waals surface area (Å²) in [6.45, 7) is 4.24. The van der Waals surface area contributed by atoms with Crippen LogP contribution in [0.15, 0.2) is 28.4 Å². The van der Waals surface area contributed by atoms with Crippen LogP contribution in [0.2, 0.25) is 0 Å². The molecule has 1 amide bonds. The van der Waals surface area contributed by atoms with Gasteiger partial charge in [0.25, 0.3) is 5.56 Å². The molecule has 2 heterocycles. The van der Waals surface area contributed by atoms with Crippen molar-refractivity contribution in [1.29, 1.82) is 0 Å². The molecule has 2 rings (SSSR count). The minimum atomic E-state index is -0.312. The van der Waals surface area contributed by atoms with E-state index in [0.717, 1.165) is 18.7 Å². The van der Waals surface area contributed by atoms with Crippen molar-refractivity contribution < 1.29 is 4.79 Å². The zero-order valence-corrected chi connectivity index (χ0v) is 15.3. The van der Waals surface area contributed by atoms with Gasteiger partial charge in [-0.25, -0.2) is 9.97 Å². The lowest BCUT2D eigenvalue weighted by Gasteiger charge is -2.20. The molecule has 0 unspecified atom stereocenters. The maximum absolute atomic E-state index is 12.4. The third-order valence-electron chi connectivity index (χ3n) is 3.68. The molecule has 8 heteroatoms. The molecule has 0 spiro atoms. The number of aromatic amines is 1. The van der Waals surface area contributed by atoms with Gasteiger partial charge in [0.15, 0.2) is 5.16 Å². The smallest absolute Gasteiger partial charge is 0.251 e. The fourth-order valence-electron chi connectivity index (χ4n) is 2.36. The van der Waals surface area contributed by atoms with Crippen LogP contribution < -0.4 is 5.56 Å². The first-order valence-electron chi connectivity index (χ1n) is 7.82. The number of thioether (sulfide) groups is 1. The van der Waals surface area contributed by atoms with Crippen molar-refractivity contribution in [2.75, 3.05) is 13.6 Å². The number of rotatable bonds is 7. The Bertz CT molecular complexity index is 755. The lowest BCUT2D eigenvalue weighted by atomic mass is 10.2. The molecule has 130 valence electrons. The van der Waals surface area contributed by atoms with Gasteiger partial charge in [-0.1, -0.05) is 11.8 Å². The summed E-state index contributed by atoms with van der Waals surface area (Å²) in [7, 11) is 3.76. The molecular weight excluding hydrogens is 326 g/mol. The first-order chi connectivity index (χ1) is 11.4. The van der Waals surface area contributed by atoms with Crippen LogP contribution in [0.1, 0.15) is 24.9 Å². The van der Waals surface area contributed by atoms with Crippen LogP contribution in [0.25, 0.3) is 0 Å². The third-order valence-corrected chi connectivity index (χ3v) is 4.65. The topological polar surface area (TPSA) is 83.9 Å². The SMILES string of the molecule is Cc1cc(=O)[nH]c(S[C@@H](C)C(=O)N(C)CCCc2nccn2C)n1. The van der Waals surface area contributed by atoms with Crippen LogP contribution in [0.5, 0.6) is 0 Å². The molecule has 1 N–H and O–H groups in total. The van der Waals surface area contributed by atoms with E-state index in [-0.39, 0.29) is 16.7 Å². The predicted octanol–water partition coefficient (Wildman–Crippen LogP) is 1.38. The number of H-pyrrole nitrogens is 1. The van der Waals surface area contributed by atoms with E-state index in [2.05, 4.69) is 15.0 Å². The first-order valence-corrected chi connectivity index (χ1v) is 8.70. The summed E-state index contributed by atoms with van der Waals surface area (Å²) in [6, 6.07) is 1.43. The van der Waals surface area contributed by atoms with E-state index in [4.69, 9.17) is 0 Å². The Morgan fingerprint density at radius 1 is 1.50 bits per heavy atom. The van der Waals surface area contributed by atoms with Crippen LogP contribution >= 0.6 is 11.8 Å². The average Bonchev–Trinajstić information content (AvgIpc) is 2.90. The number of aryl methyl sites for hydroxylation is 3. The lowest BCUT2D eigenvalue weighted by Crippen LogP contribution is -2.34. The number of imidazole rings is 1. The molecule has 0 saturated heterocycles. The summed E-state index contributed by atoms with van der Waals surface area (Å²) in [6.07, 6.45) is 5.37. The van der Waals surface area contributed by atoms with E-state index in [0.29, 0.717) is 17.4 Å². The van der Waals surface area contributed by atoms with Crippen molar-refractivity contribution in [3.05, 3.63) is 40.3 Å². The minimum Gasteiger partial charge on any atom is -0.345 e. The monoisotopic (exact) mass is 349 g/mol. The summed E-state index contributed by atoms with van der Waals surface area (Å²) in [5.41, 5.74) is 0.442. The zero-order valence-electron chi connectivity index (χ0n) is 14.4. The molecule has 7 nitrogen and oxygen atoms in total. The molecular formula is C16H23N5O2S. The van der Waals surface area contributed by atoms with Gasteiger partial charge in [0.1, 0.15) is 5.82 Å². The Morgan fingerprint density at radius 2 is 2.25 bits per heavy atom. The quantitative estimate of drug-likeness (QED) is 0.603. The number of hydrogen-bond acceptors (Lipinski definition) is 5. The standard InChI is InChI=1S/C16H23N5O2S/c1-11-10-14(22)19-16(18-11)24-12(2)15(23)21(4)8-5-6-13-17-7-9-20(13)3/h7,9-10,12H,5-6,8H2,1-4H3,(H,18,19,22)/t12-/m0/s1. The van der Waals surface area contributed by atoms with E-state index in [1.54, 1.807) is 25.1 Å². The molecule has 0 bridgehead atoms. The molecule has 0 radical (unpaired) electrons. The molecule has 24 heavy (non-hydrogen) atoms. The normalized spacial score (nSPS) is 12.2. The van der Waals surface area contributed by atoms with Gasteiger partial charge < -0.3 is 14.5 Å². The summed E-state index contributed by atoms with van der Waals surface area (Å²) in [5, 5.41) is 0.162. The number of nitrogens with zero attached hydrogens (tertiary/aromatic N) is 4. The highest BCUT2D eigenvalue weighted by atomic mass is 32.2. The second-order valence-corrected chi connectivity index (χ2v) is 7.10. The largest absolute Gasteiger partial charge is 0.345 e. The van der Waals surface area contributed by atoms with Crippen LogP contribution in [0.3, 0.4) is 0 Å². The van der Waals surface area contributed by atoms with Crippen LogP contribution in [0.4, 0.5) is 0 Å². The molecule has 2 aromatic rings. The summed E-state index contributed by atoms with van der Waals surface area (Å²) >= 11 is 1.27. The number of carbonyl (C=O) groups is 1. The third kappa shape index (κ3) is 4.95. The average molecular weight is 349 g/mol. The molecule has 0 aliphatic rings. The Morgan fingerprint density at radius 3 is 2.88 bits per heavy atom. The Labute approximate surface area is 145 Å². The van der Waals surface area contributed by atoms with Crippen molar-refractivity contribution in [1.82, 2.24) is 24.4 Å². The van der Waals surface area contributed by atoms with Gasteiger partial charge in [-0.05, 0) is 20.3 Å². The van der Waals surface area contributed by atoms with Crippen molar-refractivity contribution in [2.45, 2.75) is 37.1 Å². The van der Waals surface area contributed by atoms with E-state index >= 15 is 0 Å². The van der Waals surface area contributed by atoms with Crippen molar-refractivity contribution >= 4 is 17.7 Å². The molecule has 0 aromatic carbocycles. The van der Waals surface area contributed by atoms with E-state index in [1.165, 1.54) is 17.8 Å². The molecule has 0 aliphatic carbocycles. The molecule has 0 saturated carbocycles. The van der Waals surface area contributed by atoms with Gasteiger partial charge >= 0.3 is 0 Å². The number of amides is 1. The second-order valence-electron chi connectivity index (χ2n) is 5.77. The summed E-state index contributed by atoms with van der Waals surface area (Å²) < 4.78 is 1.99. The highest BCUT2D eigenvalue weighted by Crippen LogP contribution is 2.20. The van der Waals surface area contributed by atoms with E-state index in [9.17, 15) is 9.59 Å². The van der Waals surface area contributed by atoms with Crippen molar-refractivity contribution in [2.24, 2.45) is 7.05 Å². The maximum Gasteiger partial charge on any atom is 0.251 e. The van der Waals surface area contributed by atoms with Gasteiger partial charge in [0.05, 0.1) is 5.25 Å². The molecule has 2 aromatic heterocycles. The molecule has 0 aliphatic heterocycles. The van der Waals surface area contributed by atoms with Crippen LogP contribution in [-0.4, -0.2) is 49.2 Å². The van der Waals surface area contributed by atoms with Gasteiger partial charge in [-0.15, -0.1) is 0 Å². The van der Waals surface area contributed by atoms with Gasteiger partial charge in [0, 0.05) is 51.2 Å². The Balaban J connectivity index is 1.85. The molecule has 0 fully saturated rings. The zero-order chi connectivity index (χ0) is 17.7.